The molecule has 0 aromatic rings. The van der Waals surface area contributed by atoms with Gasteiger partial charge >= 0.3 is 62.9 Å². The van der Waals surface area contributed by atoms with E-state index < -0.39 is 11.8 Å². The molecule has 0 rings (SSSR count). The van der Waals surface area contributed by atoms with Crippen LogP contribution in [0.1, 0.15) is 0 Å². The first kappa shape index (κ1) is 18.3. The van der Waals surface area contributed by atoms with Gasteiger partial charge in [-0.05, 0) is 21.1 Å². The molecule has 97 valence electrons. The Kier molecular flexibility index (Phi) is 8.17. The molecule has 0 aliphatic heterocycles. The molecule has 18 heavy (non-hydrogen) atoms. The Morgan fingerprint density at radius 2 is 1.22 bits per heavy atom. The summed E-state index contributed by atoms with van der Waals surface area (Å²) in [7, 11) is 6.10. The molecule has 0 unspecified atom stereocenters. The van der Waals surface area contributed by atoms with Crippen molar-refractivity contribution in [2.24, 2.45) is 0 Å². The third kappa shape index (κ3) is 4.82. The summed E-state index contributed by atoms with van der Waals surface area (Å²) in [5.74, 6) is 0. The van der Waals surface area contributed by atoms with E-state index in [-0.39, 0.29) is 0 Å². The van der Waals surface area contributed by atoms with Gasteiger partial charge in [0.1, 0.15) is 0 Å². The van der Waals surface area contributed by atoms with E-state index in [1.54, 1.807) is 0 Å². The maximum atomic E-state index is 8.35. The van der Waals surface area contributed by atoms with Crippen molar-refractivity contribution in [2.75, 3.05) is 34.2 Å². The quantitative estimate of drug-likeness (QED) is 0.713. The fraction of sp³-hybridized carbons (Fsp3) is 0.500. The number of hydrogen-bond acceptors (Lipinski definition) is 7. The van der Waals surface area contributed by atoms with Crippen LogP contribution in [-0.4, -0.2) is 39.1 Å². The van der Waals surface area contributed by atoms with Gasteiger partial charge in [0, 0.05) is 13.1 Å². The van der Waals surface area contributed by atoms with Crippen molar-refractivity contribution in [3.05, 3.63) is 0 Å². The fourth-order valence-corrected chi connectivity index (χ4v) is 1.06. The molecule has 0 atom stereocenters. The SMILES string of the molecule is CNCCN(C)C.N#[C][Fe]([C]#N)([C]#N)([C]#N)[C]#N. The summed E-state index contributed by atoms with van der Waals surface area (Å²) in [4.78, 5) is 8.27. The molecule has 0 aromatic carbocycles. The molecular formula is C10H14FeN7. The number of likely N-dealkylation sites (N-methyl/N-ethyl adjacent to an activating group) is 2. The van der Waals surface area contributed by atoms with Crippen LogP contribution in [0.3, 0.4) is 0 Å². The van der Waals surface area contributed by atoms with Gasteiger partial charge in [-0.1, -0.05) is 0 Å². The molecule has 0 amide bonds. The van der Waals surface area contributed by atoms with E-state index in [0.29, 0.717) is 0 Å². The summed E-state index contributed by atoms with van der Waals surface area (Å²) in [6.45, 7) is 2.20. The van der Waals surface area contributed by atoms with E-state index in [4.69, 9.17) is 26.3 Å². The normalized spacial score (nSPS) is 10.9. The second-order valence-corrected chi connectivity index (χ2v) is 7.18. The van der Waals surface area contributed by atoms with Crippen molar-refractivity contribution in [1.82, 2.24) is 10.2 Å². The van der Waals surface area contributed by atoms with Gasteiger partial charge in [-0.3, -0.25) is 0 Å². The van der Waals surface area contributed by atoms with Gasteiger partial charge in [0.25, 0.3) is 0 Å². The average molecular weight is 288 g/mol. The van der Waals surface area contributed by atoms with E-state index in [1.165, 1.54) is 24.8 Å². The van der Waals surface area contributed by atoms with E-state index in [1.807, 2.05) is 7.05 Å². The Balaban J connectivity index is 0. The first-order chi connectivity index (χ1) is 8.39. The number of rotatable bonds is 3. The van der Waals surface area contributed by atoms with Gasteiger partial charge in [0.05, 0.1) is 0 Å². The van der Waals surface area contributed by atoms with Crippen LogP contribution in [-0.2, 0) is 11.8 Å². The molecule has 0 bridgehead atoms. The van der Waals surface area contributed by atoms with Crippen LogP contribution in [0.25, 0.3) is 0 Å². The van der Waals surface area contributed by atoms with Gasteiger partial charge in [0.2, 0.25) is 0 Å². The molecule has 8 heteroatoms. The van der Waals surface area contributed by atoms with Crippen molar-refractivity contribution in [2.45, 2.75) is 0 Å². The second-order valence-electron chi connectivity index (χ2n) is 3.19. The van der Waals surface area contributed by atoms with E-state index in [2.05, 4.69) is 24.3 Å². The van der Waals surface area contributed by atoms with Crippen molar-refractivity contribution >= 4 is 0 Å². The molecule has 0 saturated heterocycles. The minimum absolute atomic E-state index is 1.08. The molecule has 0 saturated carbocycles. The minimum atomic E-state index is -4.78. The van der Waals surface area contributed by atoms with Gasteiger partial charge in [-0.25, -0.2) is 0 Å². The molecule has 0 aromatic heterocycles. The first-order valence-electron chi connectivity index (χ1n) is 4.57. The fourth-order valence-electron chi connectivity index (χ4n) is 0.512. The van der Waals surface area contributed by atoms with Gasteiger partial charge in [-0.2, -0.15) is 0 Å². The standard InChI is InChI=1S/C5H14N2.5CN.Fe/c1-6-4-5-7(2)3;5*1-2;/h6H,4-5H2,1-3H3;;;;;;. The average Bonchev–Trinajstić information content (AvgIpc) is 2.42. The molecule has 0 spiro atoms. The zero-order chi connectivity index (χ0) is 14.7. The van der Waals surface area contributed by atoms with Crippen molar-refractivity contribution in [1.29, 1.82) is 26.3 Å². The van der Waals surface area contributed by atoms with Crippen LogP contribution in [0.15, 0.2) is 0 Å². The van der Waals surface area contributed by atoms with Crippen LogP contribution in [0, 0.1) is 51.1 Å². The van der Waals surface area contributed by atoms with Crippen molar-refractivity contribution < 1.29 is 11.8 Å². The zero-order valence-electron chi connectivity index (χ0n) is 10.5. The zero-order valence-corrected chi connectivity index (χ0v) is 11.6. The summed E-state index contributed by atoms with van der Waals surface area (Å²) < 4.78 is 0. The number of nitrogens with zero attached hydrogens (tertiary/aromatic N) is 6. The van der Waals surface area contributed by atoms with Gasteiger partial charge < -0.3 is 10.2 Å². The molecule has 0 radical (unpaired) electrons. The number of nitriles is 5. The van der Waals surface area contributed by atoms with E-state index in [0.717, 1.165) is 13.1 Å². The molecule has 0 aliphatic rings. The van der Waals surface area contributed by atoms with Crippen LogP contribution in [0.4, 0.5) is 0 Å². The molecule has 1 N–H and O–H groups in total. The first-order valence-corrected chi connectivity index (χ1v) is 7.33. The number of hydrogen-bond donors (Lipinski definition) is 1. The number of nitrogens with one attached hydrogen (secondary N) is 1. The molecule has 0 fully saturated rings. The Morgan fingerprint density at radius 3 is 1.28 bits per heavy atom. The van der Waals surface area contributed by atoms with Crippen LogP contribution in [0.5, 0.6) is 0 Å². The van der Waals surface area contributed by atoms with E-state index >= 15 is 0 Å². The van der Waals surface area contributed by atoms with Crippen LogP contribution in [0.2, 0.25) is 0 Å². The summed E-state index contributed by atoms with van der Waals surface area (Å²) in [5, 5.41) is 44.8. The van der Waals surface area contributed by atoms with Gasteiger partial charge in [0.15, 0.2) is 0 Å². The summed E-state index contributed by atoms with van der Waals surface area (Å²) in [6.07, 6.45) is 0. The molecule has 0 aliphatic carbocycles. The Morgan fingerprint density at radius 1 is 0.889 bits per heavy atom. The Bertz CT molecular complexity index is 378. The third-order valence-electron chi connectivity index (χ3n) is 1.60. The predicted molar refractivity (Wildman–Crippen MR) is 60.5 cm³/mol. The Hall–Kier alpha value is -2.11. The monoisotopic (exact) mass is 288 g/mol. The molecule has 7 nitrogen and oxygen atoms in total. The van der Waals surface area contributed by atoms with Crippen LogP contribution >= 0.6 is 0 Å². The Labute approximate surface area is 108 Å². The maximum absolute atomic E-state index is 8.35. The summed E-state index contributed by atoms with van der Waals surface area (Å²) >= 11 is -4.78. The van der Waals surface area contributed by atoms with Crippen molar-refractivity contribution in [3.63, 3.8) is 0 Å². The predicted octanol–water partition coefficient (Wildman–Crippen LogP) is -0.151. The summed E-state index contributed by atoms with van der Waals surface area (Å²) in [5.41, 5.74) is 0. The van der Waals surface area contributed by atoms with Gasteiger partial charge in [-0.15, -0.1) is 0 Å². The summed E-state index contributed by atoms with van der Waals surface area (Å²) in [6, 6.07) is 0. The van der Waals surface area contributed by atoms with Crippen LogP contribution < -0.4 is 5.32 Å². The second kappa shape index (κ2) is 8.05. The molecular weight excluding hydrogens is 274 g/mol. The third-order valence-corrected chi connectivity index (χ3v) is 4.07. The van der Waals surface area contributed by atoms with Crippen molar-refractivity contribution in [3.8, 4) is 24.8 Å². The molecule has 0 heterocycles. The van der Waals surface area contributed by atoms with E-state index in [9.17, 15) is 0 Å². The topological polar surface area (TPSA) is 134 Å².